The Labute approximate surface area is 198 Å². The normalized spacial score (nSPS) is 13.9. The molecule has 1 aliphatic rings. The van der Waals surface area contributed by atoms with E-state index < -0.39 is 24.6 Å². The molecule has 0 saturated carbocycles. The summed E-state index contributed by atoms with van der Waals surface area (Å²) in [6.45, 7) is 2.51. The minimum Gasteiger partial charge on any atom is -0.480 e. The van der Waals surface area contributed by atoms with Crippen LogP contribution in [0.15, 0.2) is 54.6 Å². The van der Waals surface area contributed by atoms with Crippen molar-refractivity contribution in [2.24, 2.45) is 0 Å². The van der Waals surface area contributed by atoms with E-state index in [1.54, 1.807) is 12.1 Å². The molecule has 2 heterocycles. The molecule has 0 amide bonds. The van der Waals surface area contributed by atoms with E-state index in [4.69, 9.17) is 9.84 Å². The van der Waals surface area contributed by atoms with Crippen LogP contribution in [0.2, 0.25) is 0 Å². The Morgan fingerprint density at radius 3 is 2.51 bits per heavy atom. The number of halogens is 3. The van der Waals surface area contributed by atoms with Crippen molar-refractivity contribution >= 4 is 29.1 Å². The van der Waals surface area contributed by atoms with Gasteiger partial charge in [0.1, 0.15) is 18.1 Å². The predicted octanol–water partition coefficient (Wildman–Crippen LogP) is 4.12. The number of benzene rings is 2. The van der Waals surface area contributed by atoms with Crippen LogP contribution in [0.1, 0.15) is 0 Å². The van der Waals surface area contributed by atoms with Crippen molar-refractivity contribution in [3.63, 3.8) is 0 Å². The first kappa shape index (κ1) is 24.1. The second-order valence-corrected chi connectivity index (χ2v) is 7.56. The van der Waals surface area contributed by atoms with E-state index in [0.29, 0.717) is 30.3 Å². The zero-order valence-corrected chi connectivity index (χ0v) is 18.4. The van der Waals surface area contributed by atoms with Crippen molar-refractivity contribution in [1.29, 1.82) is 0 Å². The van der Waals surface area contributed by atoms with E-state index in [2.05, 4.69) is 30.2 Å². The average molecular weight is 489 g/mol. The number of hydrogen-bond donors (Lipinski definition) is 3. The molecule has 0 aliphatic carbocycles. The highest BCUT2D eigenvalue weighted by Gasteiger charge is 2.31. The maximum Gasteiger partial charge on any atom is 0.573 e. The number of rotatable bonds is 8. The zero-order valence-electron chi connectivity index (χ0n) is 18.4. The number of aromatic nitrogens is 2. The molecule has 0 atom stereocenters. The van der Waals surface area contributed by atoms with Gasteiger partial charge >= 0.3 is 12.3 Å². The van der Waals surface area contributed by atoms with Crippen LogP contribution < -0.4 is 20.3 Å². The predicted molar refractivity (Wildman–Crippen MR) is 123 cm³/mol. The van der Waals surface area contributed by atoms with Crippen molar-refractivity contribution in [2.75, 3.05) is 48.4 Å². The topological polar surface area (TPSA) is 109 Å². The van der Waals surface area contributed by atoms with Gasteiger partial charge in [-0.2, -0.15) is 4.98 Å². The fourth-order valence-corrected chi connectivity index (χ4v) is 3.47. The molecule has 9 nitrogen and oxygen atoms in total. The lowest BCUT2D eigenvalue weighted by atomic mass is 10.1. The quantitative estimate of drug-likeness (QED) is 0.431. The Morgan fingerprint density at radius 2 is 1.83 bits per heavy atom. The molecule has 0 unspecified atom stereocenters. The van der Waals surface area contributed by atoms with Gasteiger partial charge in [-0.1, -0.05) is 12.1 Å². The van der Waals surface area contributed by atoms with Crippen LogP contribution in [0.3, 0.4) is 0 Å². The van der Waals surface area contributed by atoms with Gasteiger partial charge in [-0.15, -0.1) is 13.2 Å². The first-order valence-corrected chi connectivity index (χ1v) is 10.7. The van der Waals surface area contributed by atoms with Crippen molar-refractivity contribution in [1.82, 2.24) is 9.97 Å². The summed E-state index contributed by atoms with van der Waals surface area (Å²) in [4.78, 5) is 21.7. The molecule has 35 heavy (non-hydrogen) atoms. The second-order valence-electron chi connectivity index (χ2n) is 7.56. The summed E-state index contributed by atoms with van der Waals surface area (Å²) in [6.07, 6.45) is -4.83. The van der Waals surface area contributed by atoms with Gasteiger partial charge in [0.25, 0.3) is 0 Å². The van der Waals surface area contributed by atoms with Crippen molar-refractivity contribution in [2.45, 2.75) is 6.36 Å². The Balaban J connectivity index is 1.59. The minimum atomic E-state index is -4.83. The third-order valence-corrected chi connectivity index (χ3v) is 5.00. The van der Waals surface area contributed by atoms with Gasteiger partial charge in [0.2, 0.25) is 5.95 Å². The molecule has 1 saturated heterocycles. The molecule has 184 valence electrons. The highest BCUT2D eigenvalue weighted by atomic mass is 19.4. The number of hydrogen-bond acceptors (Lipinski definition) is 8. The Hall–Kier alpha value is -4.06. The molecule has 1 fully saturated rings. The minimum absolute atomic E-state index is 0.000482. The Kier molecular flexibility index (Phi) is 7.20. The maximum atomic E-state index is 12.6. The third-order valence-electron chi connectivity index (χ3n) is 5.00. The van der Waals surface area contributed by atoms with Crippen LogP contribution >= 0.6 is 0 Å². The molecular formula is C23H22F3N5O4. The summed E-state index contributed by atoms with van der Waals surface area (Å²) in [5.41, 5.74) is 2.36. The van der Waals surface area contributed by atoms with Crippen LogP contribution in [0.5, 0.6) is 5.75 Å². The number of nitrogens with one attached hydrogen (secondary N) is 2. The summed E-state index contributed by atoms with van der Waals surface area (Å²) < 4.78 is 47.3. The highest BCUT2D eigenvalue weighted by molar-refractivity contribution is 5.73. The van der Waals surface area contributed by atoms with Crippen LogP contribution in [0.25, 0.3) is 11.3 Å². The standard InChI is InChI=1S/C23H22F3N5O4/c24-23(25,26)35-18-3-1-2-15(12-18)19-13-20(30-22(29-19)27-14-21(32)33)28-16-4-6-17(7-5-16)31-8-10-34-11-9-31/h1-7,12-13H,8-11,14H2,(H,32,33)(H2,27,28,29,30). The molecule has 12 heteroatoms. The first-order chi connectivity index (χ1) is 16.7. The van der Waals surface area contributed by atoms with Gasteiger partial charge in [0.15, 0.2) is 0 Å². The number of alkyl halides is 3. The number of aliphatic carboxylic acids is 1. The summed E-state index contributed by atoms with van der Waals surface area (Å²) in [5.74, 6) is -1.20. The Bertz CT molecular complexity index is 1170. The van der Waals surface area contributed by atoms with Crippen molar-refractivity contribution in [3.8, 4) is 17.0 Å². The van der Waals surface area contributed by atoms with Gasteiger partial charge in [0, 0.05) is 36.1 Å². The number of carboxylic acids is 1. The largest absolute Gasteiger partial charge is 0.573 e. The number of carbonyl (C=O) groups is 1. The molecule has 0 spiro atoms. The molecule has 0 radical (unpaired) electrons. The molecule has 4 rings (SSSR count). The van der Waals surface area contributed by atoms with E-state index in [0.717, 1.165) is 18.8 Å². The average Bonchev–Trinajstić information content (AvgIpc) is 2.83. The lowest BCUT2D eigenvalue weighted by Crippen LogP contribution is -2.36. The van der Waals surface area contributed by atoms with E-state index >= 15 is 0 Å². The van der Waals surface area contributed by atoms with Crippen LogP contribution in [0, 0.1) is 0 Å². The van der Waals surface area contributed by atoms with Gasteiger partial charge in [-0.25, -0.2) is 4.98 Å². The maximum absolute atomic E-state index is 12.6. The van der Waals surface area contributed by atoms with E-state index in [9.17, 15) is 18.0 Å². The fourth-order valence-electron chi connectivity index (χ4n) is 3.47. The fraction of sp³-hybridized carbons (Fsp3) is 0.261. The van der Waals surface area contributed by atoms with E-state index in [1.165, 1.54) is 18.2 Å². The summed E-state index contributed by atoms with van der Waals surface area (Å²) in [6, 6.07) is 14.5. The molecule has 1 aliphatic heterocycles. The van der Waals surface area contributed by atoms with Gasteiger partial charge in [-0.3, -0.25) is 4.79 Å². The lowest BCUT2D eigenvalue weighted by Gasteiger charge is -2.28. The molecule has 1 aromatic heterocycles. The van der Waals surface area contributed by atoms with Gasteiger partial charge in [0.05, 0.1) is 18.9 Å². The van der Waals surface area contributed by atoms with E-state index in [-0.39, 0.29) is 11.6 Å². The van der Waals surface area contributed by atoms with Gasteiger partial charge in [-0.05, 0) is 36.4 Å². The number of ether oxygens (including phenoxy) is 2. The second kappa shape index (κ2) is 10.5. The van der Waals surface area contributed by atoms with Crippen molar-refractivity contribution in [3.05, 3.63) is 54.6 Å². The van der Waals surface area contributed by atoms with Crippen LogP contribution in [0.4, 0.5) is 36.3 Å². The highest BCUT2D eigenvalue weighted by Crippen LogP contribution is 2.29. The van der Waals surface area contributed by atoms with E-state index in [1.807, 2.05) is 24.3 Å². The first-order valence-electron chi connectivity index (χ1n) is 10.7. The molecule has 3 N–H and O–H groups in total. The Morgan fingerprint density at radius 1 is 1.09 bits per heavy atom. The summed E-state index contributed by atoms with van der Waals surface area (Å²) >= 11 is 0. The van der Waals surface area contributed by atoms with Crippen LogP contribution in [-0.4, -0.2) is 60.3 Å². The number of nitrogens with zero attached hydrogens (tertiary/aromatic N) is 3. The molecule has 0 bridgehead atoms. The molecule has 2 aromatic carbocycles. The number of morpholine rings is 1. The van der Waals surface area contributed by atoms with Gasteiger partial charge < -0.3 is 30.1 Å². The zero-order chi connectivity index (χ0) is 24.8. The smallest absolute Gasteiger partial charge is 0.480 e. The SMILES string of the molecule is O=C(O)CNc1nc(Nc2ccc(N3CCOCC3)cc2)cc(-c2cccc(OC(F)(F)F)c2)n1. The summed E-state index contributed by atoms with van der Waals surface area (Å²) in [7, 11) is 0. The number of anilines is 4. The lowest BCUT2D eigenvalue weighted by molar-refractivity contribution is -0.274. The van der Waals surface area contributed by atoms with Crippen LogP contribution in [-0.2, 0) is 9.53 Å². The van der Waals surface area contributed by atoms with Crippen molar-refractivity contribution < 1.29 is 32.5 Å². The third kappa shape index (κ3) is 6.96. The summed E-state index contributed by atoms with van der Waals surface area (Å²) in [5, 5.41) is 14.7. The molecule has 3 aromatic rings. The monoisotopic (exact) mass is 489 g/mol. The number of carboxylic acid groups (broad SMARTS) is 1. The molecular weight excluding hydrogens is 467 g/mol.